The summed E-state index contributed by atoms with van der Waals surface area (Å²) in [5.74, 6) is -0.611. The summed E-state index contributed by atoms with van der Waals surface area (Å²) in [5, 5.41) is 11.6. The quantitative estimate of drug-likeness (QED) is 0.654. The summed E-state index contributed by atoms with van der Waals surface area (Å²) in [4.78, 5) is 11.1. The van der Waals surface area contributed by atoms with Gasteiger partial charge in [-0.2, -0.15) is 0 Å². The third-order valence-corrected chi connectivity index (χ3v) is 3.80. The van der Waals surface area contributed by atoms with Gasteiger partial charge in [-0.05, 0) is 25.7 Å². The average Bonchev–Trinajstić information content (AvgIpc) is 2.85. The second kappa shape index (κ2) is 7.31. The van der Waals surface area contributed by atoms with E-state index in [9.17, 15) is 9.18 Å². The SMILES string of the molecule is NC1CC(NC(=O)CF)CC(OC2CCC(CO)O2)C1. The molecule has 0 aromatic heterocycles. The van der Waals surface area contributed by atoms with E-state index in [1.54, 1.807) is 0 Å². The van der Waals surface area contributed by atoms with Crippen molar-refractivity contribution in [3.63, 3.8) is 0 Å². The fourth-order valence-corrected chi connectivity index (χ4v) is 2.93. The highest BCUT2D eigenvalue weighted by atomic mass is 19.1. The number of hydrogen-bond donors (Lipinski definition) is 3. The fourth-order valence-electron chi connectivity index (χ4n) is 2.93. The minimum Gasteiger partial charge on any atom is -0.394 e. The zero-order valence-corrected chi connectivity index (χ0v) is 11.5. The molecule has 0 radical (unpaired) electrons. The van der Waals surface area contributed by atoms with E-state index < -0.39 is 12.6 Å². The molecular weight excluding hydrogens is 267 g/mol. The van der Waals surface area contributed by atoms with E-state index in [0.29, 0.717) is 19.3 Å². The molecule has 0 aromatic rings. The number of aliphatic hydroxyl groups excluding tert-OH is 1. The lowest BCUT2D eigenvalue weighted by molar-refractivity contribution is -0.175. The van der Waals surface area contributed by atoms with E-state index >= 15 is 0 Å². The van der Waals surface area contributed by atoms with Gasteiger partial charge in [-0.25, -0.2) is 4.39 Å². The predicted octanol–water partition coefficient (Wildman–Crippen LogP) is -0.166. The number of rotatable bonds is 5. The highest BCUT2D eigenvalue weighted by Crippen LogP contribution is 2.27. The molecule has 116 valence electrons. The van der Waals surface area contributed by atoms with E-state index in [1.807, 2.05) is 0 Å². The molecule has 2 rings (SSSR count). The zero-order valence-electron chi connectivity index (χ0n) is 11.5. The maximum absolute atomic E-state index is 12.2. The number of halogens is 1. The highest BCUT2D eigenvalue weighted by Gasteiger charge is 2.33. The lowest BCUT2D eigenvalue weighted by Gasteiger charge is -2.34. The van der Waals surface area contributed by atoms with Crippen LogP contribution in [0.4, 0.5) is 4.39 Å². The van der Waals surface area contributed by atoms with Crippen LogP contribution in [0.2, 0.25) is 0 Å². The normalized spacial score (nSPS) is 37.9. The van der Waals surface area contributed by atoms with Crippen molar-refractivity contribution in [2.45, 2.75) is 62.7 Å². The van der Waals surface area contributed by atoms with Crippen molar-refractivity contribution in [2.75, 3.05) is 13.3 Å². The van der Waals surface area contributed by atoms with Gasteiger partial charge in [0.2, 0.25) is 0 Å². The molecule has 5 atom stereocenters. The first kappa shape index (κ1) is 15.6. The minimum absolute atomic E-state index is 0.000771. The van der Waals surface area contributed by atoms with Gasteiger partial charge in [0.15, 0.2) is 13.0 Å². The maximum atomic E-state index is 12.2. The summed E-state index contributed by atoms with van der Waals surface area (Å²) in [7, 11) is 0. The maximum Gasteiger partial charge on any atom is 0.251 e. The van der Waals surface area contributed by atoms with Crippen molar-refractivity contribution in [2.24, 2.45) is 5.73 Å². The van der Waals surface area contributed by atoms with Gasteiger partial charge in [-0.3, -0.25) is 4.79 Å². The molecule has 0 aromatic carbocycles. The van der Waals surface area contributed by atoms with Crippen LogP contribution < -0.4 is 11.1 Å². The first-order chi connectivity index (χ1) is 9.60. The summed E-state index contributed by atoms with van der Waals surface area (Å²) in [6.07, 6.45) is 2.90. The number of aliphatic hydroxyl groups is 1. The molecule has 5 unspecified atom stereocenters. The molecule has 1 saturated heterocycles. The lowest BCUT2D eigenvalue weighted by Crippen LogP contribution is -2.48. The molecule has 0 spiro atoms. The van der Waals surface area contributed by atoms with Gasteiger partial charge >= 0.3 is 0 Å². The van der Waals surface area contributed by atoms with Crippen LogP contribution in [0, 0.1) is 0 Å². The zero-order chi connectivity index (χ0) is 14.5. The molecule has 7 heteroatoms. The number of carbonyl (C=O) groups is 1. The largest absolute Gasteiger partial charge is 0.394 e. The Hall–Kier alpha value is -0.760. The van der Waals surface area contributed by atoms with Crippen LogP contribution in [0.25, 0.3) is 0 Å². The van der Waals surface area contributed by atoms with Gasteiger partial charge in [0, 0.05) is 18.5 Å². The van der Waals surface area contributed by atoms with Crippen LogP contribution in [0.5, 0.6) is 0 Å². The third kappa shape index (κ3) is 4.37. The monoisotopic (exact) mass is 290 g/mol. The third-order valence-electron chi connectivity index (χ3n) is 3.80. The number of amides is 1. The Kier molecular flexibility index (Phi) is 5.71. The molecule has 6 nitrogen and oxygen atoms in total. The summed E-state index contributed by atoms with van der Waals surface area (Å²) >= 11 is 0. The molecule has 4 N–H and O–H groups in total. The highest BCUT2D eigenvalue weighted by molar-refractivity contribution is 5.77. The Bertz CT molecular complexity index is 331. The van der Waals surface area contributed by atoms with E-state index in [2.05, 4.69) is 5.32 Å². The standard InChI is InChI=1S/C13H23FN2O4/c14-6-12(18)16-9-3-8(15)4-11(5-9)20-13-2-1-10(7-17)19-13/h8-11,13,17H,1-7,15H2,(H,16,18). The minimum atomic E-state index is -1.01. The van der Waals surface area contributed by atoms with Gasteiger partial charge in [-0.15, -0.1) is 0 Å². The van der Waals surface area contributed by atoms with Crippen molar-refractivity contribution in [3.05, 3.63) is 0 Å². The molecule has 1 aliphatic heterocycles. The Balaban J connectivity index is 1.80. The second-order valence-corrected chi connectivity index (χ2v) is 5.57. The molecule has 1 heterocycles. The fraction of sp³-hybridized carbons (Fsp3) is 0.923. The number of nitrogens with two attached hydrogens (primary N) is 1. The van der Waals surface area contributed by atoms with E-state index in [0.717, 1.165) is 12.8 Å². The summed E-state index contributed by atoms with van der Waals surface area (Å²) in [5.41, 5.74) is 5.95. The molecule has 0 bridgehead atoms. The van der Waals surface area contributed by atoms with E-state index in [-0.39, 0.29) is 37.2 Å². The van der Waals surface area contributed by atoms with E-state index in [4.69, 9.17) is 20.3 Å². The van der Waals surface area contributed by atoms with Gasteiger partial charge in [0.05, 0.1) is 18.8 Å². The molecule has 20 heavy (non-hydrogen) atoms. The van der Waals surface area contributed by atoms with Gasteiger partial charge < -0.3 is 25.6 Å². The molecule has 2 aliphatic rings. The first-order valence-corrected chi connectivity index (χ1v) is 7.13. The number of alkyl halides is 1. The number of ether oxygens (including phenoxy) is 2. The number of hydrogen-bond acceptors (Lipinski definition) is 5. The molecule has 1 saturated carbocycles. The van der Waals surface area contributed by atoms with Crippen molar-refractivity contribution >= 4 is 5.91 Å². The number of carbonyl (C=O) groups excluding carboxylic acids is 1. The van der Waals surface area contributed by atoms with Crippen LogP contribution in [0.3, 0.4) is 0 Å². The van der Waals surface area contributed by atoms with Crippen LogP contribution in [-0.2, 0) is 14.3 Å². The summed E-state index contributed by atoms with van der Waals surface area (Å²) < 4.78 is 23.6. The number of nitrogens with one attached hydrogen (secondary N) is 1. The van der Waals surface area contributed by atoms with Gasteiger partial charge in [0.25, 0.3) is 5.91 Å². The molecular formula is C13H23FN2O4. The van der Waals surface area contributed by atoms with E-state index in [1.165, 1.54) is 0 Å². The Morgan fingerprint density at radius 2 is 2.20 bits per heavy atom. The summed E-state index contributed by atoms with van der Waals surface area (Å²) in [6.45, 7) is -1.01. The molecule has 2 fully saturated rings. The van der Waals surface area contributed by atoms with Gasteiger partial charge in [-0.1, -0.05) is 0 Å². The van der Waals surface area contributed by atoms with Crippen LogP contribution in [-0.4, -0.2) is 54.9 Å². The van der Waals surface area contributed by atoms with Crippen molar-refractivity contribution < 1.29 is 23.8 Å². The predicted molar refractivity (Wildman–Crippen MR) is 69.6 cm³/mol. The average molecular weight is 290 g/mol. The summed E-state index contributed by atoms with van der Waals surface area (Å²) in [6, 6.07) is -0.226. The Labute approximate surface area is 117 Å². The molecule has 1 aliphatic carbocycles. The first-order valence-electron chi connectivity index (χ1n) is 7.13. The Morgan fingerprint density at radius 1 is 1.40 bits per heavy atom. The lowest BCUT2D eigenvalue weighted by atomic mass is 9.89. The van der Waals surface area contributed by atoms with Gasteiger partial charge in [0.1, 0.15) is 0 Å². The van der Waals surface area contributed by atoms with Crippen LogP contribution >= 0.6 is 0 Å². The van der Waals surface area contributed by atoms with Crippen molar-refractivity contribution in [1.29, 1.82) is 0 Å². The van der Waals surface area contributed by atoms with Crippen molar-refractivity contribution in [3.8, 4) is 0 Å². The topological polar surface area (TPSA) is 93.8 Å². The Morgan fingerprint density at radius 3 is 2.85 bits per heavy atom. The smallest absolute Gasteiger partial charge is 0.251 e. The van der Waals surface area contributed by atoms with Crippen LogP contribution in [0.1, 0.15) is 32.1 Å². The molecule has 1 amide bonds. The van der Waals surface area contributed by atoms with Crippen molar-refractivity contribution in [1.82, 2.24) is 5.32 Å². The second-order valence-electron chi connectivity index (χ2n) is 5.57. The van der Waals surface area contributed by atoms with Crippen LogP contribution in [0.15, 0.2) is 0 Å².